The Bertz CT molecular complexity index is 2080. The Morgan fingerprint density at radius 2 is 1.44 bits per heavy atom. The number of hydrogen-bond donors (Lipinski definition) is 1. The molecule has 0 saturated carbocycles. The molecular formula is C47H58IrNO2Si-. The molecule has 1 aliphatic rings. The van der Waals surface area contributed by atoms with Gasteiger partial charge in [0, 0.05) is 43.7 Å². The summed E-state index contributed by atoms with van der Waals surface area (Å²) in [6, 6.07) is 30.7. The van der Waals surface area contributed by atoms with Crippen molar-refractivity contribution >= 4 is 45.9 Å². The molecule has 52 heavy (non-hydrogen) atoms. The van der Waals surface area contributed by atoms with Gasteiger partial charge in [0.2, 0.25) is 0 Å². The number of nitrogens with zero attached hydrogens (tertiary/aromatic N) is 1. The first-order valence-corrected chi connectivity index (χ1v) is 22.2. The summed E-state index contributed by atoms with van der Waals surface area (Å²) in [6.07, 6.45) is 4.91. The van der Waals surface area contributed by atoms with Crippen LogP contribution in [0.3, 0.4) is 0 Å². The van der Waals surface area contributed by atoms with Gasteiger partial charge in [-0.15, -0.1) is 29.1 Å². The molecule has 5 aromatic rings. The second-order valence-corrected chi connectivity index (χ2v) is 20.5. The molecule has 3 nitrogen and oxygen atoms in total. The summed E-state index contributed by atoms with van der Waals surface area (Å²) in [5.74, 6) is 1.06. The second kappa shape index (κ2) is 16.7. The Balaban J connectivity index is 0.000000323. The average molecular weight is 889 g/mol. The number of rotatable bonds is 9. The number of allylic oxidation sites excluding steroid dienone is 2. The number of hydrogen-bond acceptors (Lipinski definition) is 3. The van der Waals surface area contributed by atoms with Gasteiger partial charge in [0.1, 0.15) is 8.07 Å². The van der Waals surface area contributed by atoms with Crippen LogP contribution in [0.2, 0.25) is 13.1 Å². The number of benzene rings is 4. The van der Waals surface area contributed by atoms with Gasteiger partial charge < -0.3 is 5.11 Å². The van der Waals surface area contributed by atoms with Gasteiger partial charge >= 0.3 is 0 Å². The number of aromatic nitrogens is 1. The summed E-state index contributed by atoms with van der Waals surface area (Å²) in [5, 5.41) is 16.6. The van der Waals surface area contributed by atoms with Gasteiger partial charge in [-0.2, -0.15) is 0 Å². The first-order valence-electron chi connectivity index (χ1n) is 19.2. The van der Waals surface area contributed by atoms with Crippen LogP contribution in [0.1, 0.15) is 105 Å². The maximum absolute atomic E-state index is 11.7. The van der Waals surface area contributed by atoms with Crippen molar-refractivity contribution in [2.45, 2.75) is 112 Å². The summed E-state index contributed by atoms with van der Waals surface area (Å²) in [6.45, 7) is 24.6. The van der Waals surface area contributed by atoms with Crippen molar-refractivity contribution < 1.29 is 30.0 Å². The van der Waals surface area contributed by atoms with E-state index in [1.807, 2.05) is 27.7 Å². The molecular weight excluding hydrogens is 831 g/mol. The molecule has 2 heterocycles. The minimum Gasteiger partial charge on any atom is -0.512 e. The summed E-state index contributed by atoms with van der Waals surface area (Å²) in [4.78, 5) is 17.1. The summed E-state index contributed by atoms with van der Waals surface area (Å²) >= 11 is 0. The number of fused-ring (bicyclic) bond motifs is 6. The Morgan fingerprint density at radius 1 is 0.846 bits per heavy atom. The van der Waals surface area contributed by atoms with Gasteiger partial charge in [-0.25, -0.2) is 0 Å². The van der Waals surface area contributed by atoms with Gasteiger partial charge in [0.05, 0.1) is 11.3 Å². The first-order chi connectivity index (χ1) is 24.2. The number of carbonyl (C=O) groups is 1. The zero-order valence-electron chi connectivity index (χ0n) is 33.2. The van der Waals surface area contributed by atoms with Crippen molar-refractivity contribution in [3.8, 4) is 22.4 Å². The summed E-state index contributed by atoms with van der Waals surface area (Å²) in [7, 11) is -1.95. The van der Waals surface area contributed by atoms with Crippen molar-refractivity contribution in [3.05, 3.63) is 102 Å². The van der Waals surface area contributed by atoms with Crippen LogP contribution >= 0.6 is 0 Å². The van der Waals surface area contributed by atoms with E-state index in [9.17, 15) is 9.90 Å². The SMILES string of the molecule is CC(C)c1ccc2c(c1)[Si](C)(C)c1c-2c(-c2[c-]c3ccccc3c(C(C)(C)C)c2)nc2ccccc12.CCC(CC)C(=O)/C=C(\O)C(CC)CC.[Ir]. The van der Waals surface area contributed by atoms with E-state index in [4.69, 9.17) is 4.98 Å². The van der Waals surface area contributed by atoms with Crippen molar-refractivity contribution in [1.82, 2.24) is 4.98 Å². The van der Waals surface area contributed by atoms with Crippen LogP contribution in [-0.2, 0) is 30.3 Å². The van der Waals surface area contributed by atoms with Crippen LogP contribution in [0.15, 0.2) is 84.6 Å². The molecule has 5 heteroatoms. The Labute approximate surface area is 327 Å². The van der Waals surface area contributed by atoms with E-state index in [2.05, 4.69) is 127 Å². The molecule has 6 rings (SSSR count). The molecule has 0 aliphatic carbocycles. The molecule has 1 aliphatic heterocycles. The predicted molar refractivity (Wildman–Crippen MR) is 222 cm³/mol. The molecule has 0 fully saturated rings. The minimum atomic E-state index is -1.95. The van der Waals surface area contributed by atoms with Gasteiger partial charge in [0.25, 0.3) is 0 Å². The van der Waals surface area contributed by atoms with Crippen LogP contribution in [0.25, 0.3) is 44.1 Å². The first kappa shape index (κ1) is 41.4. The minimum absolute atomic E-state index is 0. The van der Waals surface area contributed by atoms with E-state index in [-0.39, 0.29) is 48.9 Å². The quantitative estimate of drug-likeness (QED) is 0.0694. The fourth-order valence-electron chi connectivity index (χ4n) is 7.87. The molecule has 0 bridgehead atoms. The molecule has 0 unspecified atom stereocenters. The summed E-state index contributed by atoms with van der Waals surface area (Å²) < 4.78 is 0. The second-order valence-electron chi connectivity index (χ2n) is 16.2. The molecule has 1 aromatic heterocycles. The average Bonchev–Trinajstić information content (AvgIpc) is 3.34. The van der Waals surface area contributed by atoms with Crippen LogP contribution in [0.5, 0.6) is 0 Å². The third-order valence-corrected chi connectivity index (χ3v) is 14.6. The van der Waals surface area contributed by atoms with Gasteiger partial charge in [-0.05, 0) is 75.5 Å². The van der Waals surface area contributed by atoms with Gasteiger partial charge in [-0.1, -0.05) is 141 Å². The van der Waals surface area contributed by atoms with Crippen LogP contribution in [0, 0.1) is 17.9 Å². The fourth-order valence-corrected chi connectivity index (χ4v) is 11.3. The van der Waals surface area contributed by atoms with Crippen molar-refractivity contribution in [2.75, 3.05) is 0 Å². The van der Waals surface area contributed by atoms with E-state index < -0.39 is 8.07 Å². The Hall–Kier alpha value is -3.37. The van der Waals surface area contributed by atoms with Crippen LogP contribution in [-0.4, -0.2) is 23.9 Å². The van der Waals surface area contributed by atoms with E-state index in [0.29, 0.717) is 5.92 Å². The molecule has 4 aromatic carbocycles. The van der Waals surface area contributed by atoms with E-state index in [1.165, 1.54) is 44.3 Å². The van der Waals surface area contributed by atoms with Crippen molar-refractivity contribution in [1.29, 1.82) is 0 Å². The Kier molecular flexibility index (Phi) is 13.3. The number of para-hydroxylation sites is 1. The van der Waals surface area contributed by atoms with Gasteiger partial charge in [0.15, 0.2) is 5.78 Å². The number of aliphatic hydroxyl groups excluding tert-OH is 1. The topological polar surface area (TPSA) is 50.2 Å². The van der Waals surface area contributed by atoms with Gasteiger partial charge in [-0.3, -0.25) is 9.78 Å². The van der Waals surface area contributed by atoms with E-state index in [0.717, 1.165) is 47.8 Å². The largest absolute Gasteiger partial charge is 0.512 e. The third kappa shape index (κ3) is 8.08. The monoisotopic (exact) mass is 889 g/mol. The van der Waals surface area contributed by atoms with E-state index in [1.54, 1.807) is 5.19 Å². The molecule has 277 valence electrons. The maximum Gasteiger partial charge on any atom is 0.162 e. The number of pyridine rings is 1. The molecule has 0 saturated heterocycles. The molecule has 0 amide bonds. The normalized spacial score (nSPS) is 13.6. The molecule has 0 atom stereocenters. The zero-order chi connectivity index (χ0) is 37.2. The predicted octanol–water partition coefficient (Wildman–Crippen LogP) is 11.9. The smallest absolute Gasteiger partial charge is 0.162 e. The number of carbonyl (C=O) groups excluding carboxylic acids is 1. The molecule has 1 N–H and O–H groups in total. The Morgan fingerprint density at radius 3 is 2.04 bits per heavy atom. The fraction of sp³-hybridized carbons (Fsp3) is 0.404. The molecule has 1 radical (unpaired) electrons. The van der Waals surface area contributed by atoms with E-state index >= 15 is 0 Å². The maximum atomic E-state index is 11.7. The number of aliphatic hydroxyl groups is 1. The number of ketones is 1. The molecule has 0 spiro atoms. The standard InChI is InChI=1S/C34H34NSi.C13H24O2.Ir/c1-21(2)22-16-17-27-30(20-22)36(6,7)33-26-14-10-11-15-29(26)35-32(31(27)33)24-18-23-12-8-9-13-25(23)28(19-24)34(3,4)5;1-5-10(6-2)12(14)9-13(15)11(7-3)8-4;/h8-17,19-21H,1-7H3;9-11,14H,5-8H2,1-4H3;/q-1;;/b;12-9-;. The third-order valence-electron chi connectivity index (χ3n) is 11.1. The van der Waals surface area contributed by atoms with Crippen LogP contribution < -0.4 is 10.4 Å². The zero-order valence-corrected chi connectivity index (χ0v) is 36.6. The van der Waals surface area contributed by atoms with Crippen molar-refractivity contribution in [2.24, 2.45) is 11.8 Å². The summed E-state index contributed by atoms with van der Waals surface area (Å²) in [5.41, 5.74) is 8.76. The van der Waals surface area contributed by atoms with Crippen LogP contribution in [0.4, 0.5) is 0 Å². The van der Waals surface area contributed by atoms with Crippen molar-refractivity contribution in [3.63, 3.8) is 0 Å².